The van der Waals surface area contributed by atoms with Crippen molar-refractivity contribution in [3.63, 3.8) is 0 Å². The van der Waals surface area contributed by atoms with Crippen LogP contribution in [-0.4, -0.2) is 41.2 Å². The lowest BCUT2D eigenvalue weighted by Gasteiger charge is -2.19. The van der Waals surface area contributed by atoms with Crippen LogP contribution in [-0.2, 0) is 20.8 Å². The summed E-state index contributed by atoms with van der Waals surface area (Å²) < 4.78 is 42.0. The lowest BCUT2D eigenvalue weighted by atomic mass is 10.0. The lowest BCUT2D eigenvalue weighted by molar-refractivity contribution is -0.274. The van der Waals surface area contributed by atoms with E-state index >= 15 is 0 Å². The molecule has 0 fully saturated rings. The minimum Gasteiger partial charge on any atom is -0.478 e. The van der Waals surface area contributed by atoms with Gasteiger partial charge in [0.25, 0.3) is 0 Å². The van der Waals surface area contributed by atoms with Gasteiger partial charge in [0.1, 0.15) is 6.04 Å². The van der Waals surface area contributed by atoms with Crippen LogP contribution in [0.3, 0.4) is 0 Å². The summed E-state index contributed by atoms with van der Waals surface area (Å²) in [7, 11) is 0. The van der Waals surface area contributed by atoms with Crippen molar-refractivity contribution in [2.24, 2.45) is 0 Å². The second-order valence-corrected chi connectivity index (χ2v) is 8.17. The van der Waals surface area contributed by atoms with Gasteiger partial charge in [-0.3, -0.25) is 14.4 Å². The number of carboxylic acids is 1. The summed E-state index contributed by atoms with van der Waals surface area (Å²) in [5.41, 5.74) is 0.330. The van der Waals surface area contributed by atoms with E-state index in [9.17, 15) is 32.3 Å². The number of rotatable bonds is 8. The maximum absolute atomic E-state index is 13.0. The average molecular weight is 550 g/mol. The van der Waals surface area contributed by atoms with Gasteiger partial charge in [-0.05, 0) is 48.0 Å². The van der Waals surface area contributed by atoms with Gasteiger partial charge in [-0.15, -0.1) is 13.2 Å². The average Bonchev–Trinajstić information content (AvgIpc) is 2.85. The predicted molar refractivity (Wildman–Crippen MR) is 131 cm³/mol. The summed E-state index contributed by atoms with van der Waals surface area (Å²) in [6.45, 7) is 0. The van der Waals surface area contributed by atoms with Crippen molar-refractivity contribution in [1.82, 2.24) is 5.32 Å². The molecule has 0 radical (unpaired) electrons. The number of hydrogen-bond donors (Lipinski definition) is 4. The molecule has 4 N–H and O–H groups in total. The van der Waals surface area contributed by atoms with E-state index in [-0.39, 0.29) is 22.7 Å². The maximum Gasteiger partial charge on any atom is 0.573 e. The highest BCUT2D eigenvalue weighted by Gasteiger charge is 2.33. The van der Waals surface area contributed by atoms with Gasteiger partial charge in [0.15, 0.2) is 5.75 Å². The van der Waals surface area contributed by atoms with Gasteiger partial charge in [-0.1, -0.05) is 41.9 Å². The Morgan fingerprint density at radius 2 is 1.55 bits per heavy atom. The van der Waals surface area contributed by atoms with Gasteiger partial charge in [0.05, 0.1) is 11.3 Å². The number of carbonyl (C=O) groups excluding carboxylic acids is 3. The first-order chi connectivity index (χ1) is 17.9. The second-order valence-electron chi connectivity index (χ2n) is 7.73. The zero-order valence-electron chi connectivity index (χ0n) is 19.2. The quantitative estimate of drug-likeness (QED) is 0.311. The molecule has 3 aromatic rings. The van der Waals surface area contributed by atoms with Crippen LogP contribution in [0.5, 0.6) is 5.75 Å². The summed E-state index contributed by atoms with van der Waals surface area (Å²) in [5.74, 6) is -5.39. The summed E-state index contributed by atoms with van der Waals surface area (Å²) in [5, 5.41) is 15.8. The van der Waals surface area contributed by atoms with Crippen LogP contribution < -0.4 is 20.7 Å². The molecule has 0 aliphatic rings. The van der Waals surface area contributed by atoms with Crippen molar-refractivity contribution >= 4 is 46.7 Å². The molecule has 3 aromatic carbocycles. The van der Waals surface area contributed by atoms with Gasteiger partial charge in [0, 0.05) is 17.1 Å². The van der Waals surface area contributed by atoms with Gasteiger partial charge < -0.3 is 25.8 Å². The summed E-state index contributed by atoms with van der Waals surface area (Å²) in [6, 6.07) is 15.4. The largest absolute Gasteiger partial charge is 0.573 e. The molecule has 0 spiro atoms. The Morgan fingerprint density at radius 3 is 2.16 bits per heavy atom. The van der Waals surface area contributed by atoms with E-state index in [1.165, 1.54) is 24.3 Å². The Labute approximate surface area is 218 Å². The molecule has 0 unspecified atom stereocenters. The van der Waals surface area contributed by atoms with Crippen LogP contribution in [0, 0.1) is 0 Å². The molecular weight excluding hydrogens is 531 g/mol. The van der Waals surface area contributed by atoms with E-state index in [0.717, 1.165) is 18.2 Å². The third-order valence-corrected chi connectivity index (χ3v) is 5.16. The Hall–Kier alpha value is -4.58. The molecule has 0 aliphatic carbocycles. The molecule has 3 amide bonds. The standard InChI is InChI=1S/C25H19ClF3N3O6/c26-16-8-11-20(38-25(27,28)29)18(13-16)31-22(34)23(35)32-19(12-14-4-2-1-3-5-14)21(33)30-17-9-6-15(7-10-17)24(36)37/h1-11,13,19H,12H2,(H,30,33)(H,31,34)(H,32,35)(H,36,37)/t19-/m0/s1. The number of ether oxygens (including phenoxy) is 1. The highest BCUT2D eigenvalue weighted by molar-refractivity contribution is 6.40. The highest BCUT2D eigenvalue weighted by Crippen LogP contribution is 2.32. The van der Waals surface area contributed by atoms with Crippen LogP contribution in [0.2, 0.25) is 5.02 Å². The number of halogens is 4. The van der Waals surface area contributed by atoms with E-state index in [0.29, 0.717) is 5.56 Å². The third kappa shape index (κ3) is 8.23. The molecule has 38 heavy (non-hydrogen) atoms. The number of nitrogens with one attached hydrogen (secondary N) is 3. The molecule has 1 atom stereocenters. The maximum atomic E-state index is 13.0. The lowest BCUT2D eigenvalue weighted by Crippen LogP contribution is -2.49. The van der Waals surface area contributed by atoms with Crippen molar-refractivity contribution in [2.75, 3.05) is 10.6 Å². The van der Waals surface area contributed by atoms with Crippen molar-refractivity contribution in [1.29, 1.82) is 0 Å². The normalized spacial score (nSPS) is 11.7. The van der Waals surface area contributed by atoms with Crippen LogP contribution in [0.25, 0.3) is 0 Å². The SMILES string of the molecule is O=C(Nc1cc(Cl)ccc1OC(F)(F)F)C(=O)N[C@@H](Cc1ccccc1)C(=O)Nc1ccc(C(=O)O)cc1. The molecule has 0 saturated carbocycles. The number of alkyl halides is 3. The zero-order valence-corrected chi connectivity index (χ0v) is 20.0. The first-order valence-electron chi connectivity index (χ1n) is 10.8. The molecule has 0 bridgehead atoms. The van der Waals surface area contributed by atoms with Crippen molar-refractivity contribution in [3.8, 4) is 5.75 Å². The number of hydrogen-bond acceptors (Lipinski definition) is 5. The number of carbonyl (C=O) groups is 4. The fraction of sp³-hybridized carbons (Fsp3) is 0.120. The van der Waals surface area contributed by atoms with Gasteiger partial charge >= 0.3 is 24.1 Å². The molecule has 0 saturated heterocycles. The van der Waals surface area contributed by atoms with Crippen LogP contribution >= 0.6 is 11.6 Å². The minimum atomic E-state index is -5.07. The van der Waals surface area contributed by atoms with E-state index in [2.05, 4.69) is 15.4 Å². The fourth-order valence-electron chi connectivity index (χ4n) is 3.20. The van der Waals surface area contributed by atoms with Gasteiger partial charge in [0.2, 0.25) is 5.91 Å². The molecule has 9 nitrogen and oxygen atoms in total. The Balaban J connectivity index is 1.77. The van der Waals surface area contributed by atoms with E-state index < -0.39 is 47.5 Å². The van der Waals surface area contributed by atoms with E-state index in [4.69, 9.17) is 16.7 Å². The van der Waals surface area contributed by atoms with Crippen LogP contribution in [0.15, 0.2) is 72.8 Å². The first-order valence-corrected chi connectivity index (χ1v) is 11.1. The van der Waals surface area contributed by atoms with Gasteiger partial charge in [-0.2, -0.15) is 0 Å². The molecule has 13 heteroatoms. The molecule has 3 rings (SSSR count). The number of benzene rings is 3. The van der Waals surface area contributed by atoms with E-state index in [1.807, 2.05) is 5.32 Å². The number of aromatic carboxylic acids is 1. The molecular formula is C25H19ClF3N3O6. The molecule has 198 valence electrons. The van der Waals surface area contributed by atoms with Crippen LogP contribution in [0.1, 0.15) is 15.9 Å². The Kier molecular flexibility index (Phi) is 8.92. The second kappa shape index (κ2) is 12.1. The monoisotopic (exact) mass is 549 g/mol. The smallest absolute Gasteiger partial charge is 0.478 e. The summed E-state index contributed by atoms with van der Waals surface area (Å²) in [6.07, 6.45) is -5.12. The predicted octanol–water partition coefficient (Wildman–Crippen LogP) is 4.24. The first kappa shape index (κ1) is 28.0. The highest BCUT2D eigenvalue weighted by atomic mass is 35.5. The van der Waals surface area contributed by atoms with Crippen LogP contribution in [0.4, 0.5) is 24.5 Å². The molecule has 0 aliphatic heterocycles. The number of anilines is 2. The number of amides is 3. The third-order valence-electron chi connectivity index (χ3n) is 4.93. The number of carboxylic acid groups (broad SMARTS) is 1. The molecule has 0 aromatic heterocycles. The van der Waals surface area contributed by atoms with Crippen molar-refractivity contribution < 1.29 is 42.2 Å². The fourth-order valence-corrected chi connectivity index (χ4v) is 3.37. The Bertz CT molecular complexity index is 1330. The van der Waals surface area contributed by atoms with Gasteiger partial charge in [-0.25, -0.2) is 4.79 Å². The minimum absolute atomic E-state index is 0.0105. The topological polar surface area (TPSA) is 134 Å². The summed E-state index contributed by atoms with van der Waals surface area (Å²) in [4.78, 5) is 49.2. The van der Waals surface area contributed by atoms with Crippen molar-refractivity contribution in [2.45, 2.75) is 18.8 Å². The van der Waals surface area contributed by atoms with E-state index in [1.54, 1.807) is 30.3 Å². The summed E-state index contributed by atoms with van der Waals surface area (Å²) >= 11 is 5.80. The molecule has 0 heterocycles. The Morgan fingerprint density at radius 1 is 0.895 bits per heavy atom. The van der Waals surface area contributed by atoms with Crippen molar-refractivity contribution in [3.05, 3.63) is 88.9 Å². The zero-order chi connectivity index (χ0) is 27.9.